The summed E-state index contributed by atoms with van der Waals surface area (Å²) in [7, 11) is 7.67. The Balaban J connectivity index is 1.66. The average Bonchev–Trinajstić information content (AvgIpc) is 3.16. The van der Waals surface area contributed by atoms with Crippen molar-refractivity contribution in [3.8, 4) is 0 Å². The topological polar surface area (TPSA) is 186 Å². The van der Waals surface area contributed by atoms with Crippen molar-refractivity contribution in [3.63, 3.8) is 0 Å². The number of rotatable bonds is 10. The van der Waals surface area contributed by atoms with Gasteiger partial charge in [-0.15, -0.1) is 0 Å². The van der Waals surface area contributed by atoms with Crippen LogP contribution in [0.2, 0.25) is 0 Å². The third kappa shape index (κ3) is 12.9. The Morgan fingerprint density at radius 2 is 1.55 bits per heavy atom. The number of cyclic esters (lactones) is 1. The lowest BCUT2D eigenvalue weighted by Gasteiger charge is -2.50. The number of carbonyl (C=O) groups excluding carboxylic acids is 2. The van der Waals surface area contributed by atoms with Crippen LogP contribution in [0.5, 0.6) is 0 Å². The Morgan fingerprint density at radius 1 is 0.883 bits per heavy atom. The summed E-state index contributed by atoms with van der Waals surface area (Å²) < 4.78 is 44.4. The zero-order valence-electron chi connectivity index (χ0n) is 38.4. The third-order valence-electron chi connectivity index (χ3n) is 13.2. The van der Waals surface area contributed by atoms with Gasteiger partial charge in [0.25, 0.3) is 0 Å². The maximum absolute atomic E-state index is 13.3. The van der Waals surface area contributed by atoms with Crippen LogP contribution in [0.25, 0.3) is 0 Å². The van der Waals surface area contributed by atoms with E-state index in [1.165, 1.54) is 6.92 Å². The van der Waals surface area contributed by atoms with E-state index >= 15 is 0 Å². The normalized spacial score (nSPS) is 47.0. The highest BCUT2D eigenvalue weighted by Crippen LogP contribution is 2.37. The van der Waals surface area contributed by atoms with Crippen molar-refractivity contribution in [2.75, 3.05) is 28.2 Å². The zero-order valence-corrected chi connectivity index (χ0v) is 38.4. The summed E-state index contributed by atoms with van der Waals surface area (Å²) >= 11 is 0. The van der Waals surface area contributed by atoms with E-state index in [1.807, 2.05) is 53.9 Å². The predicted octanol–water partition coefficient (Wildman–Crippen LogP) is 3.58. The maximum Gasteiger partial charge on any atom is 0.308 e. The van der Waals surface area contributed by atoms with E-state index in [9.17, 15) is 30.0 Å². The van der Waals surface area contributed by atoms with Gasteiger partial charge in [0.1, 0.15) is 30.7 Å². The van der Waals surface area contributed by atoms with Gasteiger partial charge in [0, 0.05) is 30.2 Å². The van der Waals surface area contributed by atoms with Crippen LogP contribution in [0, 0.1) is 23.7 Å². The van der Waals surface area contributed by atoms with Gasteiger partial charge in [-0.1, -0.05) is 51.5 Å². The van der Waals surface area contributed by atoms with Crippen molar-refractivity contribution in [2.24, 2.45) is 23.7 Å². The van der Waals surface area contributed by atoms with Gasteiger partial charge < -0.3 is 68.2 Å². The molecule has 1 unspecified atom stereocenters. The molecule has 60 heavy (non-hydrogen) atoms. The molecule has 4 aliphatic heterocycles. The van der Waals surface area contributed by atoms with Crippen molar-refractivity contribution in [2.45, 2.75) is 198 Å². The lowest BCUT2D eigenvalue weighted by Crippen LogP contribution is -2.65. The fraction of sp³-hybridized carbons (Fsp3) is 0.867. The average molecular weight is 855 g/mol. The number of esters is 1. The minimum atomic E-state index is -1.46. The maximum atomic E-state index is 13.3. The Hall–Kier alpha value is -1.86. The van der Waals surface area contributed by atoms with E-state index in [4.69, 9.17) is 33.2 Å². The zero-order chi connectivity index (χ0) is 44.8. The van der Waals surface area contributed by atoms with Gasteiger partial charge in [-0.05, 0) is 94.4 Å². The highest BCUT2D eigenvalue weighted by atomic mass is 16.7. The number of aldehydes is 1. The highest BCUT2D eigenvalue weighted by Gasteiger charge is 2.51. The minimum Gasteiger partial charge on any atom is -0.462 e. The Labute approximate surface area is 358 Å². The number of carbonyl (C=O) groups is 2. The van der Waals surface area contributed by atoms with E-state index in [-0.39, 0.29) is 43.2 Å². The van der Waals surface area contributed by atoms with Crippen LogP contribution >= 0.6 is 0 Å². The van der Waals surface area contributed by atoms with Crippen LogP contribution in [-0.2, 0) is 42.7 Å². The number of hydrogen-bond donors (Lipinski definition) is 4. The fourth-order valence-corrected chi connectivity index (χ4v) is 9.53. The van der Waals surface area contributed by atoms with Crippen molar-refractivity contribution < 1.29 is 63.2 Å². The number of aliphatic hydroxyl groups is 4. The van der Waals surface area contributed by atoms with Gasteiger partial charge in [0.15, 0.2) is 18.9 Å². The molecule has 0 bridgehead atoms. The third-order valence-corrected chi connectivity index (χ3v) is 13.2. The van der Waals surface area contributed by atoms with Crippen LogP contribution < -0.4 is 0 Å². The molecular formula is C45H78N2O13. The van der Waals surface area contributed by atoms with E-state index in [0.717, 1.165) is 18.3 Å². The molecule has 4 aliphatic rings. The molecule has 15 nitrogen and oxygen atoms in total. The fourth-order valence-electron chi connectivity index (χ4n) is 9.53. The smallest absolute Gasteiger partial charge is 0.308 e. The lowest BCUT2D eigenvalue weighted by atomic mass is 9.81. The van der Waals surface area contributed by atoms with Crippen molar-refractivity contribution >= 4 is 12.3 Å². The summed E-state index contributed by atoms with van der Waals surface area (Å²) in [6, 6.07) is -0.447. The first-order chi connectivity index (χ1) is 28.1. The SMILES string of the molecule is CC[C@H]1OC(=O)C[C@@H](O)[C@H](C)[C@@H](O[C@@H]2O[C@H](C)[C@@H](O[C@H]3C[C@@](C)(O)[C@@H](O)[C@H](C)O3)[C@H](N(C)C)[C@H]2O)[C@@H](C=O)C[C@@H](C)C(O[C@H]2CC[C@H](N(C)C)[C@@H](C)O2)/C=C/C(C)=C\[C@@H]1C. The molecule has 20 atom stereocenters. The summed E-state index contributed by atoms with van der Waals surface area (Å²) in [5.41, 5.74) is -0.504. The van der Waals surface area contributed by atoms with E-state index in [0.29, 0.717) is 12.8 Å². The van der Waals surface area contributed by atoms with Gasteiger partial charge in [-0.3, -0.25) is 4.79 Å². The molecule has 4 N–H and O–H groups in total. The first-order valence-electron chi connectivity index (χ1n) is 22.1. The van der Waals surface area contributed by atoms with Crippen molar-refractivity contribution in [1.82, 2.24) is 9.80 Å². The molecule has 0 aromatic rings. The van der Waals surface area contributed by atoms with Crippen molar-refractivity contribution in [3.05, 3.63) is 23.8 Å². The second-order valence-corrected chi connectivity index (χ2v) is 18.8. The molecule has 0 aliphatic carbocycles. The van der Waals surface area contributed by atoms with Crippen molar-refractivity contribution in [1.29, 1.82) is 0 Å². The molecule has 0 radical (unpaired) electrons. The molecule has 3 fully saturated rings. The summed E-state index contributed by atoms with van der Waals surface area (Å²) in [6.45, 7) is 16.7. The van der Waals surface area contributed by atoms with Crippen LogP contribution in [-0.4, -0.2) is 168 Å². The molecule has 346 valence electrons. The molecule has 0 aromatic heterocycles. The number of aliphatic hydroxyl groups excluding tert-OH is 3. The summed E-state index contributed by atoms with van der Waals surface area (Å²) in [5, 5.41) is 45.1. The summed E-state index contributed by atoms with van der Waals surface area (Å²) in [6.07, 6.45) is -1.47. The summed E-state index contributed by atoms with van der Waals surface area (Å²) in [5.74, 6) is -2.55. The number of ether oxygens (including phenoxy) is 7. The van der Waals surface area contributed by atoms with Gasteiger partial charge in [-0.2, -0.15) is 0 Å². The second kappa shape index (κ2) is 22.2. The number of nitrogens with zero attached hydrogens (tertiary/aromatic N) is 2. The molecule has 4 rings (SSSR count). The Kier molecular flexibility index (Phi) is 18.8. The first kappa shape index (κ1) is 50.8. The molecular weight excluding hydrogens is 776 g/mol. The molecule has 0 spiro atoms. The van der Waals surface area contributed by atoms with Gasteiger partial charge >= 0.3 is 5.97 Å². The Morgan fingerprint density at radius 3 is 2.13 bits per heavy atom. The van der Waals surface area contributed by atoms with Gasteiger partial charge in [-0.25, -0.2) is 0 Å². The lowest BCUT2D eigenvalue weighted by molar-refractivity contribution is -0.341. The van der Waals surface area contributed by atoms with E-state index in [2.05, 4.69) is 17.9 Å². The standard InChI is InChI=1S/C45H78N2O13/c1-14-34-25(3)19-24(2)15-17-35(58-37-18-16-32(46(10)11)28(6)54-37)26(4)20-31(23-48)41(27(5)33(49)21-36(50)57-34)60-44-40(51)39(47(12)13)42(29(7)56-44)59-38-22-45(9,53)43(52)30(8)55-38/h15,17,19,23,25-35,37-44,49,51-53H,14,16,18,20-22H2,1-13H3/b17-15+,24-19-/t25-,26+,27-,28+,29+,30-,31+,32-,33+,34+,35?,37-,38-,39+,40+,41+,42+,43-,44-,45+/m0/s1. The first-order valence-corrected chi connectivity index (χ1v) is 22.1. The van der Waals surface area contributed by atoms with E-state index in [1.54, 1.807) is 39.8 Å². The summed E-state index contributed by atoms with van der Waals surface area (Å²) in [4.78, 5) is 30.6. The molecule has 0 saturated carbocycles. The van der Waals surface area contributed by atoms with Gasteiger partial charge in [0.05, 0.1) is 54.7 Å². The molecule has 15 heteroatoms. The molecule has 0 amide bonds. The quantitative estimate of drug-likeness (QED) is 0.185. The number of allylic oxidation sites excluding steroid dienone is 2. The minimum absolute atomic E-state index is 0.00677. The van der Waals surface area contributed by atoms with Crippen LogP contribution in [0.3, 0.4) is 0 Å². The monoisotopic (exact) mass is 855 g/mol. The van der Waals surface area contributed by atoms with E-state index < -0.39 is 103 Å². The Bertz CT molecular complexity index is 1430. The van der Waals surface area contributed by atoms with Crippen LogP contribution in [0.1, 0.15) is 101 Å². The highest BCUT2D eigenvalue weighted by molar-refractivity contribution is 5.70. The predicted molar refractivity (Wildman–Crippen MR) is 224 cm³/mol. The number of hydrogen-bond acceptors (Lipinski definition) is 15. The van der Waals surface area contributed by atoms with Crippen LogP contribution in [0.15, 0.2) is 23.8 Å². The largest absolute Gasteiger partial charge is 0.462 e. The number of likely N-dealkylation sites (N-methyl/N-ethyl adjacent to an activating group) is 2. The van der Waals surface area contributed by atoms with Crippen LogP contribution in [0.4, 0.5) is 0 Å². The molecule has 4 heterocycles. The molecule has 3 saturated heterocycles. The molecule has 0 aromatic carbocycles. The second-order valence-electron chi connectivity index (χ2n) is 18.8. The van der Waals surface area contributed by atoms with Gasteiger partial charge in [0.2, 0.25) is 0 Å².